The molecule has 37 heavy (non-hydrogen) atoms. The number of rotatable bonds is 7. The number of hydrogen-bond donors (Lipinski definition) is 4. The molecule has 5 N–H and O–H groups in total. The number of anilines is 2. The normalized spacial score (nSPS) is 11.2. The highest BCUT2D eigenvalue weighted by atomic mass is 32.1. The SMILES string of the molecule is CCc1cc(NC(=O)C(C)C)cc(-c2ccc(N)c(C(=N)c3nc4c(-c5cccs5)cncc4[nH]3)c2)c1. The van der Waals surface area contributed by atoms with Gasteiger partial charge in [-0.15, -0.1) is 11.3 Å². The van der Waals surface area contributed by atoms with E-state index in [1.165, 1.54) is 0 Å². The highest BCUT2D eigenvalue weighted by molar-refractivity contribution is 7.13. The Kier molecular flexibility index (Phi) is 6.58. The number of nitrogen functional groups attached to an aromatic ring is 1. The number of nitrogens with zero attached hydrogens (tertiary/aromatic N) is 2. The van der Waals surface area contributed by atoms with Crippen LogP contribution in [-0.4, -0.2) is 26.6 Å². The molecule has 8 heteroatoms. The molecule has 0 aliphatic rings. The van der Waals surface area contributed by atoms with Crippen LogP contribution in [0.3, 0.4) is 0 Å². The van der Waals surface area contributed by atoms with E-state index in [9.17, 15) is 4.79 Å². The summed E-state index contributed by atoms with van der Waals surface area (Å²) in [5.74, 6) is 0.286. The van der Waals surface area contributed by atoms with Gasteiger partial charge in [0.1, 0.15) is 11.2 Å². The highest BCUT2D eigenvalue weighted by Crippen LogP contribution is 2.32. The van der Waals surface area contributed by atoms with Crippen molar-refractivity contribution in [1.29, 1.82) is 5.41 Å². The summed E-state index contributed by atoms with van der Waals surface area (Å²) in [5, 5.41) is 14.0. The first-order chi connectivity index (χ1) is 17.8. The Morgan fingerprint density at radius 3 is 2.70 bits per heavy atom. The largest absolute Gasteiger partial charge is 0.398 e. The Hall–Kier alpha value is -4.30. The second kappa shape index (κ2) is 9.99. The van der Waals surface area contributed by atoms with Crippen molar-refractivity contribution in [3.63, 3.8) is 0 Å². The maximum Gasteiger partial charge on any atom is 0.226 e. The van der Waals surface area contributed by atoms with Crippen molar-refractivity contribution < 1.29 is 4.79 Å². The summed E-state index contributed by atoms with van der Waals surface area (Å²) < 4.78 is 0. The molecule has 0 spiro atoms. The average Bonchev–Trinajstić information content (AvgIpc) is 3.58. The van der Waals surface area contributed by atoms with Crippen LogP contribution in [0.2, 0.25) is 0 Å². The molecule has 0 bridgehead atoms. The van der Waals surface area contributed by atoms with Gasteiger partial charge < -0.3 is 16.0 Å². The maximum absolute atomic E-state index is 12.3. The van der Waals surface area contributed by atoms with Gasteiger partial charge in [-0.2, -0.15) is 0 Å². The molecule has 5 rings (SSSR count). The lowest BCUT2D eigenvalue weighted by atomic mass is 9.96. The van der Waals surface area contributed by atoms with Crippen LogP contribution in [0.1, 0.15) is 37.7 Å². The molecule has 0 radical (unpaired) electrons. The van der Waals surface area contributed by atoms with Gasteiger partial charge in [-0.05, 0) is 58.8 Å². The second-order valence-corrected chi connectivity index (χ2v) is 10.2. The zero-order valence-corrected chi connectivity index (χ0v) is 21.7. The molecule has 0 aliphatic carbocycles. The van der Waals surface area contributed by atoms with Gasteiger partial charge in [-0.1, -0.05) is 39.0 Å². The summed E-state index contributed by atoms with van der Waals surface area (Å²) in [6.07, 6.45) is 4.35. The van der Waals surface area contributed by atoms with Gasteiger partial charge in [0.25, 0.3) is 0 Å². The van der Waals surface area contributed by atoms with Crippen LogP contribution in [0, 0.1) is 11.3 Å². The van der Waals surface area contributed by atoms with Crippen molar-refractivity contribution in [2.45, 2.75) is 27.2 Å². The third kappa shape index (κ3) is 4.88. The number of fused-ring (bicyclic) bond motifs is 1. The number of benzene rings is 2. The summed E-state index contributed by atoms with van der Waals surface area (Å²) >= 11 is 1.62. The Labute approximate surface area is 219 Å². The summed E-state index contributed by atoms with van der Waals surface area (Å²) in [6, 6.07) is 15.7. The van der Waals surface area contributed by atoms with Gasteiger partial charge >= 0.3 is 0 Å². The van der Waals surface area contributed by atoms with Gasteiger partial charge in [-0.25, -0.2) is 4.98 Å². The van der Waals surface area contributed by atoms with Crippen LogP contribution in [0.25, 0.3) is 32.6 Å². The summed E-state index contributed by atoms with van der Waals surface area (Å²) in [6.45, 7) is 5.82. The molecular formula is C29H28N6OS. The van der Waals surface area contributed by atoms with Gasteiger partial charge in [-0.3, -0.25) is 15.2 Å². The van der Waals surface area contributed by atoms with Crippen molar-refractivity contribution in [2.24, 2.45) is 5.92 Å². The Morgan fingerprint density at radius 2 is 1.97 bits per heavy atom. The summed E-state index contributed by atoms with van der Waals surface area (Å²) in [4.78, 5) is 25.7. The molecule has 2 aromatic carbocycles. The van der Waals surface area contributed by atoms with E-state index in [2.05, 4.69) is 28.3 Å². The highest BCUT2D eigenvalue weighted by Gasteiger charge is 2.17. The number of aryl methyl sites for hydroxylation is 1. The van der Waals surface area contributed by atoms with E-state index in [0.29, 0.717) is 17.1 Å². The number of H-pyrrole nitrogens is 1. The number of carbonyl (C=O) groups excluding carboxylic acids is 1. The molecule has 3 aromatic heterocycles. The number of pyridine rings is 1. The standard InChI is InChI=1S/C29H28N6OS/c1-4-17-10-19(12-20(11-17)33-29(36)16(2)3)18-7-8-23(30)21(13-18)26(31)28-34-24-15-32-14-22(27(24)35-28)25-6-5-9-37-25/h5-16,31H,4,30H2,1-3H3,(H,33,36)(H,34,35). The molecule has 0 atom stereocenters. The molecule has 3 heterocycles. The third-order valence-corrected chi connectivity index (χ3v) is 7.17. The number of aromatic amines is 1. The molecule has 0 saturated heterocycles. The number of thiophene rings is 1. The number of nitrogens with one attached hydrogen (secondary N) is 3. The molecule has 7 nitrogen and oxygen atoms in total. The van der Waals surface area contributed by atoms with Crippen LogP contribution in [0.4, 0.5) is 11.4 Å². The number of nitrogens with two attached hydrogens (primary N) is 1. The Bertz CT molecular complexity index is 1620. The third-order valence-electron chi connectivity index (χ3n) is 6.27. The predicted octanol–water partition coefficient (Wildman–Crippen LogP) is 6.51. The number of imidazole rings is 1. The summed E-state index contributed by atoms with van der Waals surface area (Å²) in [5.41, 5.74) is 13.8. The number of aromatic nitrogens is 3. The van der Waals surface area contributed by atoms with Gasteiger partial charge in [0.05, 0.1) is 11.7 Å². The zero-order valence-electron chi connectivity index (χ0n) is 20.9. The molecule has 0 saturated carbocycles. The van der Waals surface area contributed by atoms with Crippen molar-refractivity contribution in [2.75, 3.05) is 11.1 Å². The first-order valence-corrected chi connectivity index (χ1v) is 13.0. The molecule has 186 valence electrons. The molecule has 5 aromatic rings. The minimum atomic E-state index is -0.114. The van der Waals surface area contributed by atoms with Crippen LogP contribution in [-0.2, 0) is 11.2 Å². The van der Waals surface area contributed by atoms with Crippen molar-refractivity contribution in [3.05, 3.63) is 83.3 Å². The second-order valence-electron chi connectivity index (χ2n) is 9.24. The number of hydrogen-bond acceptors (Lipinski definition) is 6. The minimum Gasteiger partial charge on any atom is -0.398 e. The fourth-order valence-electron chi connectivity index (χ4n) is 4.16. The summed E-state index contributed by atoms with van der Waals surface area (Å²) in [7, 11) is 0. The number of amides is 1. The van der Waals surface area contributed by atoms with Crippen LogP contribution in [0.15, 0.2) is 66.3 Å². The molecule has 0 fully saturated rings. The van der Waals surface area contributed by atoms with E-state index in [1.807, 2.05) is 61.7 Å². The monoisotopic (exact) mass is 508 g/mol. The van der Waals surface area contributed by atoms with E-state index in [-0.39, 0.29) is 17.5 Å². The van der Waals surface area contributed by atoms with Crippen molar-refractivity contribution in [1.82, 2.24) is 15.0 Å². The van der Waals surface area contributed by atoms with Crippen LogP contribution >= 0.6 is 11.3 Å². The van der Waals surface area contributed by atoms with E-state index in [1.54, 1.807) is 23.7 Å². The van der Waals surface area contributed by atoms with Crippen molar-refractivity contribution >= 4 is 45.4 Å². The van der Waals surface area contributed by atoms with Crippen molar-refractivity contribution in [3.8, 4) is 21.6 Å². The molecule has 1 amide bonds. The van der Waals surface area contributed by atoms with Crippen LogP contribution in [0.5, 0.6) is 0 Å². The molecule has 0 unspecified atom stereocenters. The first-order valence-electron chi connectivity index (χ1n) is 12.2. The Morgan fingerprint density at radius 1 is 1.14 bits per heavy atom. The zero-order chi connectivity index (χ0) is 26.1. The lowest BCUT2D eigenvalue weighted by Gasteiger charge is -2.13. The van der Waals surface area contributed by atoms with E-state index >= 15 is 0 Å². The first kappa shape index (κ1) is 24.4. The smallest absolute Gasteiger partial charge is 0.226 e. The maximum atomic E-state index is 12.3. The quantitative estimate of drug-likeness (QED) is 0.148. The van der Waals surface area contributed by atoms with Gasteiger partial charge in [0.15, 0.2) is 5.82 Å². The fraction of sp³-hybridized carbons (Fsp3) is 0.172. The lowest BCUT2D eigenvalue weighted by molar-refractivity contribution is -0.118. The van der Waals surface area contributed by atoms with Gasteiger partial charge in [0, 0.05) is 39.5 Å². The predicted molar refractivity (Wildman–Crippen MR) is 152 cm³/mol. The Balaban J connectivity index is 1.53. The van der Waals surface area contributed by atoms with E-state index < -0.39 is 0 Å². The minimum absolute atomic E-state index is 0.0275. The molecule has 0 aliphatic heterocycles. The lowest BCUT2D eigenvalue weighted by Crippen LogP contribution is -2.17. The topological polar surface area (TPSA) is 121 Å². The molecular weight excluding hydrogens is 480 g/mol. The average molecular weight is 509 g/mol. The van der Waals surface area contributed by atoms with Gasteiger partial charge in [0.2, 0.25) is 5.91 Å². The van der Waals surface area contributed by atoms with Crippen LogP contribution < -0.4 is 11.1 Å². The van der Waals surface area contributed by atoms with E-state index in [0.717, 1.165) is 50.3 Å². The number of carbonyl (C=O) groups is 1. The van der Waals surface area contributed by atoms with E-state index in [4.69, 9.17) is 16.1 Å². The fourth-order valence-corrected chi connectivity index (χ4v) is 4.90.